The summed E-state index contributed by atoms with van der Waals surface area (Å²) >= 11 is 0. The van der Waals surface area contributed by atoms with E-state index in [0.29, 0.717) is 23.0 Å². The maximum Gasteiger partial charge on any atom is 0.162 e. The van der Waals surface area contributed by atoms with Crippen molar-refractivity contribution in [3.05, 3.63) is 47.2 Å². The SMILES string of the molecule is CCc1cc(OC)cc(N=C(C)c2cccnc2N(C)C2CCN(C)C2)c1C(C)=O. The Morgan fingerprint density at radius 1 is 1.37 bits per heavy atom. The molecule has 0 saturated carbocycles. The van der Waals surface area contributed by atoms with E-state index >= 15 is 0 Å². The Bertz CT molecular complexity index is 954. The van der Waals surface area contributed by atoms with Gasteiger partial charge in [-0.3, -0.25) is 9.79 Å². The summed E-state index contributed by atoms with van der Waals surface area (Å²) in [6, 6.07) is 8.16. The Hall–Kier alpha value is -2.73. The molecule has 1 aromatic carbocycles. The first kappa shape index (κ1) is 22.0. The van der Waals surface area contributed by atoms with Crippen molar-refractivity contribution in [2.45, 2.75) is 39.7 Å². The molecule has 1 aliphatic rings. The van der Waals surface area contributed by atoms with Gasteiger partial charge in [0.25, 0.3) is 0 Å². The van der Waals surface area contributed by atoms with Crippen molar-refractivity contribution in [3.8, 4) is 5.75 Å². The Morgan fingerprint density at radius 3 is 2.73 bits per heavy atom. The van der Waals surface area contributed by atoms with Crippen LogP contribution in [0.3, 0.4) is 0 Å². The fraction of sp³-hybridized carbons (Fsp3) is 0.458. The van der Waals surface area contributed by atoms with Crippen LogP contribution in [0.25, 0.3) is 0 Å². The lowest BCUT2D eigenvalue weighted by atomic mass is 9.99. The molecule has 0 radical (unpaired) electrons. The number of aromatic nitrogens is 1. The molecule has 1 atom stereocenters. The van der Waals surface area contributed by atoms with E-state index < -0.39 is 0 Å². The van der Waals surface area contributed by atoms with Gasteiger partial charge in [-0.2, -0.15) is 0 Å². The number of ketones is 1. The van der Waals surface area contributed by atoms with Crippen LogP contribution in [-0.2, 0) is 6.42 Å². The van der Waals surface area contributed by atoms with Gasteiger partial charge in [0.1, 0.15) is 11.6 Å². The minimum Gasteiger partial charge on any atom is -0.497 e. The zero-order valence-electron chi connectivity index (χ0n) is 18.9. The number of hydrogen-bond donors (Lipinski definition) is 0. The first-order valence-electron chi connectivity index (χ1n) is 10.5. The van der Waals surface area contributed by atoms with Crippen LogP contribution in [0.15, 0.2) is 35.5 Å². The fourth-order valence-corrected chi connectivity index (χ4v) is 4.15. The molecule has 1 unspecified atom stereocenters. The smallest absolute Gasteiger partial charge is 0.162 e. The zero-order chi connectivity index (χ0) is 21.8. The highest BCUT2D eigenvalue weighted by atomic mass is 16.5. The minimum atomic E-state index is 0.0126. The number of pyridine rings is 1. The van der Waals surface area contributed by atoms with Crippen molar-refractivity contribution in [1.82, 2.24) is 9.88 Å². The molecule has 1 aliphatic heterocycles. The van der Waals surface area contributed by atoms with Crippen LogP contribution < -0.4 is 9.64 Å². The molecule has 0 bridgehead atoms. The molecule has 2 aromatic rings. The van der Waals surface area contributed by atoms with Crippen LogP contribution >= 0.6 is 0 Å². The monoisotopic (exact) mass is 408 g/mol. The van der Waals surface area contributed by atoms with Crippen molar-refractivity contribution in [2.24, 2.45) is 4.99 Å². The van der Waals surface area contributed by atoms with Gasteiger partial charge in [0, 0.05) is 48.7 Å². The number of Topliss-reactive ketones (excluding diaryl/α,β-unsaturated/α-hetero) is 1. The Morgan fingerprint density at radius 2 is 2.13 bits per heavy atom. The van der Waals surface area contributed by atoms with Crippen LogP contribution in [0.5, 0.6) is 5.75 Å². The topological polar surface area (TPSA) is 58.0 Å². The highest BCUT2D eigenvalue weighted by molar-refractivity contribution is 6.07. The van der Waals surface area contributed by atoms with Crippen molar-refractivity contribution in [2.75, 3.05) is 39.2 Å². The van der Waals surface area contributed by atoms with E-state index in [4.69, 9.17) is 9.73 Å². The molecule has 30 heavy (non-hydrogen) atoms. The predicted octanol–water partition coefficient (Wildman–Crippen LogP) is 4.14. The fourth-order valence-electron chi connectivity index (χ4n) is 4.15. The molecule has 0 aliphatic carbocycles. The molecule has 160 valence electrons. The second kappa shape index (κ2) is 9.39. The van der Waals surface area contributed by atoms with Gasteiger partial charge in [0.05, 0.1) is 12.8 Å². The van der Waals surface area contributed by atoms with Crippen LogP contribution in [-0.4, -0.2) is 61.7 Å². The number of likely N-dealkylation sites (N-methyl/N-ethyl adjacent to an activating group) is 2. The number of carbonyl (C=O) groups excluding carboxylic acids is 1. The van der Waals surface area contributed by atoms with E-state index in [-0.39, 0.29) is 5.78 Å². The maximum atomic E-state index is 12.4. The summed E-state index contributed by atoms with van der Waals surface area (Å²) in [7, 11) is 5.89. The average molecular weight is 409 g/mol. The second-order valence-electron chi connectivity index (χ2n) is 7.98. The highest BCUT2D eigenvalue weighted by Gasteiger charge is 2.26. The third-order valence-electron chi connectivity index (χ3n) is 5.85. The van der Waals surface area contributed by atoms with Crippen molar-refractivity contribution >= 4 is 23.0 Å². The molecule has 0 N–H and O–H groups in total. The molecule has 2 heterocycles. The predicted molar refractivity (Wildman–Crippen MR) is 123 cm³/mol. The summed E-state index contributed by atoms with van der Waals surface area (Å²) in [5.74, 6) is 1.64. The number of carbonyl (C=O) groups is 1. The summed E-state index contributed by atoms with van der Waals surface area (Å²) < 4.78 is 5.45. The standard InChI is InChI=1S/C24H32N4O2/c1-7-18-13-20(30-6)14-22(23(18)17(3)29)26-16(2)21-9-8-11-25-24(21)28(5)19-10-12-27(4)15-19/h8-9,11,13-14,19H,7,10,12,15H2,1-6H3. The minimum absolute atomic E-state index is 0.0126. The zero-order valence-corrected chi connectivity index (χ0v) is 18.9. The summed E-state index contributed by atoms with van der Waals surface area (Å²) in [5, 5.41) is 0. The van der Waals surface area contributed by atoms with Gasteiger partial charge in [-0.1, -0.05) is 6.92 Å². The van der Waals surface area contributed by atoms with Crippen LogP contribution in [0.4, 0.5) is 11.5 Å². The first-order chi connectivity index (χ1) is 14.3. The van der Waals surface area contributed by atoms with Crippen LogP contribution in [0.1, 0.15) is 48.7 Å². The van der Waals surface area contributed by atoms with Gasteiger partial charge in [-0.25, -0.2) is 4.98 Å². The summed E-state index contributed by atoms with van der Waals surface area (Å²) in [6.07, 6.45) is 3.68. The van der Waals surface area contributed by atoms with Gasteiger partial charge in [-0.05, 0) is 64.0 Å². The Balaban J connectivity index is 2.06. The molecule has 3 rings (SSSR count). The van der Waals surface area contributed by atoms with E-state index in [1.165, 1.54) is 0 Å². The molecule has 6 heteroatoms. The van der Waals surface area contributed by atoms with Crippen molar-refractivity contribution in [3.63, 3.8) is 0 Å². The summed E-state index contributed by atoms with van der Waals surface area (Å²) in [4.78, 5) is 26.6. The third-order valence-corrected chi connectivity index (χ3v) is 5.85. The lowest BCUT2D eigenvalue weighted by Gasteiger charge is -2.27. The average Bonchev–Trinajstić information content (AvgIpc) is 3.18. The number of rotatable bonds is 7. The van der Waals surface area contributed by atoms with Gasteiger partial charge < -0.3 is 14.5 Å². The Labute approximate surface area is 179 Å². The quantitative estimate of drug-likeness (QED) is 0.509. The number of ether oxygens (including phenoxy) is 1. The van der Waals surface area contributed by atoms with Gasteiger partial charge in [-0.15, -0.1) is 0 Å². The van der Waals surface area contributed by atoms with Gasteiger partial charge in [0.2, 0.25) is 0 Å². The van der Waals surface area contributed by atoms with Gasteiger partial charge in [0.15, 0.2) is 5.78 Å². The molecule has 6 nitrogen and oxygen atoms in total. The number of benzene rings is 1. The molecular formula is C24H32N4O2. The number of aryl methyl sites for hydroxylation is 1. The number of nitrogens with zero attached hydrogens (tertiary/aromatic N) is 4. The molecular weight excluding hydrogens is 376 g/mol. The maximum absolute atomic E-state index is 12.4. The number of hydrogen-bond acceptors (Lipinski definition) is 6. The summed E-state index contributed by atoms with van der Waals surface area (Å²) in [5.41, 5.74) is 4.06. The van der Waals surface area contributed by atoms with E-state index in [0.717, 1.165) is 48.6 Å². The highest BCUT2D eigenvalue weighted by Crippen LogP contribution is 2.32. The molecule has 0 amide bonds. The second-order valence-corrected chi connectivity index (χ2v) is 7.98. The lowest BCUT2D eigenvalue weighted by Crippen LogP contribution is -2.35. The third kappa shape index (κ3) is 4.54. The number of aliphatic imine (C=N–C) groups is 1. The van der Waals surface area contributed by atoms with Crippen molar-refractivity contribution in [1.29, 1.82) is 0 Å². The van der Waals surface area contributed by atoms with E-state index in [1.54, 1.807) is 14.0 Å². The largest absolute Gasteiger partial charge is 0.497 e. The van der Waals surface area contributed by atoms with Crippen molar-refractivity contribution < 1.29 is 9.53 Å². The Kier molecular flexibility index (Phi) is 6.87. The molecule has 1 aromatic heterocycles. The van der Waals surface area contributed by atoms with Crippen LogP contribution in [0, 0.1) is 0 Å². The summed E-state index contributed by atoms with van der Waals surface area (Å²) in [6.45, 7) is 7.72. The van der Waals surface area contributed by atoms with E-state index in [9.17, 15) is 4.79 Å². The number of methoxy groups -OCH3 is 1. The van der Waals surface area contributed by atoms with Gasteiger partial charge >= 0.3 is 0 Å². The first-order valence-corrected chi connectivity index (χ1v) is 10.5. The van der Waals surface area contributed by atoms with E-state index in [2.05, 4.69) is 28.9 Å². The van der Waals surface area contributed by atoms with E-state index in [1.807, 2.05) is 44.3 Å². The lowest BCUT2D eigenvalue weighted by molar-refractivity contribution is 0.101. The number of likely N-dealkylation sites (tertiary alicyclic amines) is 1. The number of anilines is 1. The molecule has 1 saturated heterocycles. The molecule has 1 fully saturated rings. The van der Waals surface area contributed by atoms with Crippen LogP contribution in [0.2, 0.25) is 0 Å². The molecule has 0 spiro atoms. The normalized spacial score (nSPS) is 17.3.